The number of rotatable bonds is 6. The molecule has 57 heavy (non-hydrogen) atoms. The van der Waals surface area contributed by atoms with E-state index >= 15 is 0 Å². The maximum absolute atomic E-state index is 7.85. The van der Waals surface area contributed by atoms with Crippen LogP contribution in [0.25, 0.3) is 53.6 Å². The monoisotopic (exact) mass is 748 g/mol. The smallest absolute Gasteiger partial charge is 0.0726 e. The molecule has 1 N–H and O–H groups in total. The van der Waals surface area contributed by atoms with Gasteiger partial charge in [-0.3, -0.25) is 4.99 Å². The zero-order valence-electron chi connectivity index (χ0n) is 31.7. The lowest BCUT2D eigenvalue weighted by atomic mass is 9.70. The molecule has 0 saturated heterocycles. The minimum absolute atomic E-state index is 0.408. The van der Waals surface area contributed by atoms with Crippen LogP contribution in [0, 0.1) is 17.2 Å². The lowest BCUT2D eigenvalue weighted by Crippen LogP contribution is -2.25. The van der Waals surface area contributed by atoms with Gasteiger partial charge in [-0.25, -0.2) is 0 Å². The van der Waals surface area contributed by atoms with Gasteiger partial charge in [-0.15, -0.1) is 11.3 Å². The third-order valence-corrected chi connectivity index (χ3v) is 14.0. The molecule has 0 amide bonds. The third-order valence-electron chi connectivity index (χ3n) is 12.8. The first-order chi connectivity index (χ1) is 28.1. The summed E-state index contributed by atoms with van der Waals surface area (Å²) in [7, 11) is 0. The predicted octanol–water partition coefficient (Wildman–Crippen LogP) is 14.0. The predicted molar refractivity (Wildman–Crippen MR) is 242 cm³/mol. The Morgan fingerprint density at radius 2 is 1.42 bits per heavy atom. The number of fused-ring (bicyclic) bond motifs is 14. The molecule has 2 nitrogen and oxygen atoms in total. The number of hydrogen-bond donors (Lipinski definition) is 1. The van der Waals surface area contributed by atoms with Crippen LogP contribution in [-0.2, 0) is 5.41 Å². The Bertz CT molecular complexity index is 2950. The number of benzene rings is 6. The zero-order valence-corrected chi connectivity index (χ0v) is 32.6. The van der Waals surface area contributed by atoms with Crippen LogP contribution in [0.1, 0.15) is 47.6 Å². The molecule has 7 aromatic rings. The van der Waals surface area contributed by atoms with Gasteiger partial charge in [0.2, 0.25) is 0 Å². The summed E-state index contributed by atoms with van der Waals surface area (Å²) in [6, 6.07) is 47.7. The number of thiophene rings is 1. The van der Waals surface area contributed by atoms with Crippen LogP contribution in [0.15, 0.2) is 192 Å². The fraction of sp³-hybridized carbons (Fsp3) is 0.111. The molecule has 1 spiro atoms. The van der Waals surface area contributed by atoms with Gasteiger partial charge in [0.05, 0.1) is 11.1 Å². The van der Waals surface area contributed by atoms with E-state index in [-0.39, 0.29) is 0 Å². The standard InChI is InChI=1S/C54H40N2S/c1-34-10-2-3-11-40(34)37-22-24-38(25-23-37)50(30-31-55)56-33-35-18-20-36(21-19-35)39-26-27-45-49(32-39)54(46-15-7-4-12-41(46)42-13-5-8-16-47(42)54)48-29-28-44-43-14-6-9-17-51(43)57-53(44)52(45)48/h2-22,24,26-34,40,55H,23,25H2,1H3/b50-30-,55-31?,56-33+. The lowest BCUT2D eigenvalue weighted by molar-refractivity contribution is 0.554. The van der Waals surface area contributed by atoms with Crippen molar-refractivity contribution in [2.24, 2.45) is 16.8 Å². The van der Waals surface area contributed by atoms with Crippen molar-refractivity contribution in [3.63, 3.8) is 0 Å². The summed E-state index contributed by atoms with van der Waals surface area (Å²) in [5, 5.41) is 10.5. The molecule has 2 unspecified atom stereocenters. The normalized spacial score (nSPS) is 18.8. The van der Waals surface area contributed by atoms with Crippen molar-refractivity contribution in [2.45, 2.75) is 25.2 Å². The van der Waals surface area contributed by atoms with Gasteiger partial charge in [-0.2, -0.15) is 0 Å². The van der Waals surface area contributed by atoms with E-state index in [1.54, 1.807) is 0 Å². The number of nitrogens with one attached hydrogen (secondary N) is 1. The van der Waals surface area contributed by atoms with E-state index in [0.29, 0.717) is 11.8 Å². The van der Waals surface area contributed by atoms with E-state index in [4.69, 9.17) is 10.4 Å². The fourth-order valence-corrected chi connectivity index (χ4v) is 11.4. The minimum Gasteiger partial charge on any atom is -0.309 e. The molecular weight excluding hydrogens is 709 g/mol. The van der Waals surface area contributed by atoms with Crippen LogP contribution in [0.3, 0.4) is 0 Å². The first-order valence-corrected chi connectivity index (χ1v) is 20.8. The quantitative estimate of drug-likeness (QED) is 0.164. The van der Waals surface area contributed by atoms with Gasteiger partial charge in [-0.1, -0.05) is 164 Å². The molecule has 0 bridgehead atoms. The molecule has 6 aromatic carbocycles. The highest BCUT2D eigenvalue weighted by Gasteiger charge is 2.52. The van der Waals surface area contributed by atoms with Gasteiger partial charge in [0.15, 0.2) is 0 Å². The van der Waals surface area contributed by atoms with E-state index in [2.05, 4.69) is 171 Å². The Balaban J connectivity index is 0.981. The second-order valence-electron chi connectivity index (χ2n) is 15.8. The van der Waals surface area contributed by atoms with Crippen LogP contribution >= 0.6 is 11.3 Å². The minimum atomic E-state index is -0.408. The molecule has 0 radical (unpaired) electrons. The highest BCUT2D eigenvalue weighted by molar-refractivity contribution is 7.26. The van der Waals surface area contributed by atoms with Gasteiger partial charge in [0.25, 0.3) is 0 Å². The van der Waals surface area contributed by atoms with Crippen LogP contribution in [0.2, 0.25) is 0 Å². The van der Waals surface area contributed by atoms with Crippen LogP contribution in [0.4, 0.5) is 0 Å². The fourth-order valence-electron chi connectivity index (χ4n) is 10.1. The number of nitrogens with zero attached hydrogens (tertiary/aromatic N) is 1. The average molecular weight is 749 g/mol. The number of hydrogen-bond acceptors (Lipinski definition) is 3. The first-order valence-electron chi connectivity index (χ1n) is 20.0. The summed E-state index contributed by atoms with van der Waals surface area (Å²) < 4.78 is 2.70. The summed E-state index contributed by atoms with van der Waals surface area (Å²) in [5.41, 5.74) is 17.3. The van der Waals surface area contributed by atoms with Crippen molar-refractivity contribution in [3.8, 4) is 33.4 Å². The molecule has 1 aromatic heterocycles. The summed E-state index contributed by atoms with van der Waals surface area (Å²) in [5.74, 6) is 0.969. The molecule has 0 fully saturated rings. The molecule has 1 heterocycles. The van der Waals surface area contributed by atoms with Crippen molar-refractivity contribution in [2.75, 3.05) is 0 Å². The molecule has 4 aliphatic carbocycles. The molecule has 3 heteroatoms. The zero-order chi connectivity index (χ0) is 38.1. The van der Waals surface area contributed by atoms with E-state index in [9.17, 15) is 0 Å². The Morgan fingerprint density at radius 1 is 0.684 bits per heavy atom. The van der Waals surface area contributed by atoms with Gasteiger partial charge in [0.1, 0.15) is 0 Å². The first kappa shape index (κ1) is 33.9. The maximum Gasteiger partial charge on any atom is 0.0726 e. The summed E-state index contributed by atoms with van der Waals surface area (Å²) in [6.45, 7) is 2.29. The third kappa shape index (κ3) is 5.15. The lowest BCUT2D eigenvalue weighted by Gasteiger charge is -2.30. The molecule has 11 rings (SSSR count). The molecule has 0 saturated carbocycles. The molecule has 0 aliphatic heterocycles. The van der Waals surface area contributed by atoms with Crippen molar-refractivity contribution in [3.05, 3.63) is 215 Å². The second-order valence-corrected chi connectivity index (χ2v) is 16.8. The molecule has 272 valence electrons. The van der Waals surface area contributed by atoms with E-state index in [0.717, 1.165) is 24.1 Å². The van der Waals surface area contributed by atoms with Crippen LogP contribution < -0.4 is 0 Å². The Labute approximate surface area is 337 Å². The Hall–Kier alpha value is -6.42. The van der Waals surface area contributed by atoms with Crippen molar-refractivity contribution in [1.82, 2.24) is 0 Å². The highest BCUT2D eigenvalue weighted by Crippen LogP contribution is 2.64. The van der Waals surface area contributed by atoms with Crippen molar-refractivity contribution >= 4 is 43.9 Å². The van der Waals surface area contributed by atoms with Gasteiger partial charge in [0, 0.05) is 44.1 Å². The SMILES string of the molecule is CC1C=CC=CC1C1=CC=C(C(=C/C=N)/N=C/c2ccc(-c3ccc4c(c3)C3(c5ccccc5-c5ccccc53)c3ccc5c(sc6ccccc65)c3-4)cc2)CC1. The number of aliphatic imine (C=N–C) groups is 1. The van der Waals surface area contributed by atoms with Crippen molar-refractivity contribution < 1.29 is 0 Å². The van der Waals surface area contributed by atoms with E-state index in [1.807, 2.05) is 23.6 Å². The Kier molecular flexibility index (Phi) is 7.94. The topological polar surface area (TPSA) is 36.2 Å². The largest absolute Gasteiger partial charge is 0.309 e. The molecule has 4 aliphatic rings. The van der Waals surface area contributed by atoms with E-state index < -0.39 is 5.41 Å². The highest BCUT2D eigenvalue weighted by atomic mass is 32.1. The van der Waals surface area contributed by atoms with Crippen LogP contribution in [0.5, 0.6) is 0 Å². The second kappa shape index (κ2) is 13.4. The summed E-state index contributed by atoms with van der Waals surface area (Å²) in [4.78, 5) is 4.93. The molecular formula is C54H40N2S. The summed E-state index contributed by atoms with van der Waals surface area (Å²) in [6.07, 6.45) is 20.4. The van der Waals surface area contributed by atoms with Crippen LogP contribution in [-0.4, -0.2) is 12.4 Å². The van der Waals surface area contributed by atoms with Crippen molar-refractivity contribution in [1.29, 1.82) is 5.41 Å². The average Bonchev–Trinajstić information content (AvgIpc) is 3.89. The molecule has 2 atom stereocenters. The van der Waals surface area contributed by atoms with Gasteiger partial charge < -0.3 is 5.41 Å². The maximum atomic E-state index is 7.85. The van der Waals surface area contributed by atoms with Gasteiger partial charge >= 0.3 is 0 Å². The van der Waals surface area contributed by atoms with Gasteiger partial charge in [-0.05, 0) is 98.2 Å². The summed E-state index contributed by atoms with van der Waals surface area (Å²) >= 11 is 1.92. The van der Waals surface area contributed by atoms with E-state index in [1.165, 1.54) is 93.2 Å². The number of allylic oxidation sites excluding steroid dienone is 9. The Morgan fingerprint density at radius 3 is 2.18 bits per heavy atom.